The smallest absolute Gasteiger partial charge is 0.149 e. The zero-order chi connectivity index (χ0) is 13.4. The van der Waals surface area contributed by atoms with Gasteiger partial charge in [0, 0.05) is 5.25 Å². The Bertz CT molecular complexity index is 577. The van der Waals surface area contributed by atoms with Gasteiger partial charge in [0.1, 0.15) is 17.3 Å². The molecule has 100 valence electrons. The molecule has 1 aliphatic rings. The van der Waals surface area contributed by atoms with E-state index in [9.17, 15) is 8.78 Å². The zero-order valence-electron chi connectivity index (χ0n) is 10.3. The van der Waals surface area contributed by atoms with Crippen LogP contribution < -0.4 is 5.32 Å². The van der Waals surface area contributed by atoms with Crippen molar-refractivity contribution < 1.29 is 8.78 Å². The lowest BCUT2D eigenvalue weighted by Crippen LogP contribution is -2.20. The van der Waals surface area contributed by atoms with Crippen molar-refractivity contribution in [3.8, 4) is 0 Å². The molecule has 1 nitrogen and oxygen atoms in total. The molecule has 3 rings (SSSR count). The number of para-hydroxylation sites is 1. The van der Waals surface area contributed by atoms with Crippen LogP contribution in [0.15, 0.2) is 33.9 Å². The monoisotopic (exact) mass is 297 g/mol. The highest BCUT2D eigenvalue weighted by molar-refractivity contribution is 8.01. The molecule has 0 spiro atoms. The number of anilines is 1. The Kier molecular flexibility index (Phi) is 3.50. The third kappa shape index (κ3) is 2.49. The number of thioether (sulfide) groups is 1. The molecule has 5 heteroatoms. The average molecular weight is 297 g/mol. The quantitative estimate of drug-likeness (QED) is 0.831. The highest BCUT2D eigenvalue weighted by Crippen LogP contribution is 2.45. The fourth-order valence-electron chi connectivity index (χ4n) is 2.30. The molecule has 2 heterocycles. The fraction of sp³-hybridized carbons (Fsp3) is 0.286. The van der Waals surface area contributed by atoms with Crippen molar-refractivity contribution in [3.63, 3.8) is 0 Å². The predicted octanol–water partition coefficient (Wildman–Crippen LogP) is 5.06. The topological polar surface area (TPSA) is 12.0 Å². The lowest BCUT2D eigenvalue weighted by atomic mass is 10.0. The van der Waals surface area contributed by atoms with Gasteiger partial charge in [-0.05, 0) is 35.6 Å². The summed E-state index contributed by atoms with van der Waals surface area (Å²) in [7, 11) is 0. The molecule has 1 N–H and O–H groups in total. The van der Waals surface area contributed by atoms with Crippen molar-refractivity contribution in [1.29, 1.82) is 0 Å². The van der Waals surface area contributed by atoms with Crippen molar-refractivity contribution in [2.45, 2.75) is 28.8 Å². The van der Waals surface area contributed by atoms with Crippen molar-refractivity contribution >= 4 is 28.8 Å². The van der Waals surface area contributed by atoms with E-state index >= 15 is 0 Å². The number of hydrogen-bond acceptors (Lipinski definition) is 3. The maximum atomic E-state index is 13.7. The van der Waals surface area contributed by atoms with Crippen LogP contribution in [0.4, 0.5) is 14.5 Å². The Balaban J connectivity index is 1.92. The molecule has 0 saturated carbocycles. The number of fused-ring (bicyclic) bond motifs is 1. The van der Waals surface area contributed by atoms with Crippen molar-refractivity contribution in [2.75, 3.05) is 5.32 Å². The molecule has 2 aromatic rings. The highest BCUT2D eigenvalue weighted by atomic mass is 32.2. The predicted molar refractivity (Wildman–Crippen MR) is 77.0 cm³/mol. The van der Waals surface area contributed by atoms with E-state index in [1.54, 1.807) is 11.3 Å². The summed E-state index contributed by atoms with van der Waals surface area (Å²) < 4.78 is 28.6. The maximum Gasteiger partial charge on any atom is 0.149 e. The van der Waals surface area contributed by atoms with Gasteiger partial charge in [-0.2, -0.15) is 0 Å². The van der Waals surface area contributed by atoms with Crippen LogP contribution in [-0.2, 0) is 0 Å². The number of rotatable bonds is 2. The third-order valence-corrected chi connectivity index (χ3v) is 5.53. The van der Waals surface area contributed by atoms with Gasteiger partial charge in [-0.1, -0.05) is 13.0 Å². The molecule has 2 atom stereocenters. The van der Waals surface area contributed by atoms with E-state index in [1.165, 1.54) is 22.4 Å². The molecule has 0 saturated heterocycles. The lowest BCUT2D eigenvalue weighted by molar-refractivity contribution is 0.575. The van der Waals surface area contributed by atoms with E-state index in [4.69, 9.17) is 0 Å². The number of halogens is 2. The van der Waals surface area contributed by atoms with Crippen LogP contribution in [0.3, 0.4) is 0 Å². The highest BCUT2D eigenvalue weighted by Gasteiger charge is 2.27. The second kappa shape index (κ2) is 5.13. The minimum Gasteiger partial charge on any atom is -0.373 e. The molecule has 0 amide bonds. The minimum atomic E-state index is -0.539. The fourth-order valence-corrected chi connectivity index (χ4v) is 4.86. The Morgan fingerprint density at radius 2 is 1.95 bits per heavy atom. The number of benzene rings is 1. The Hall–Kier alpha value is -1.07. The second-order valence-corrected chi connectivity index (χ2v) is 7.24. The van der Waals surface area contributed by atoms with Crippen molar-refractivity contribution in [3.05, 3.63) is 46.8 Å². The zero-order valence-corrected chi connectivity index (χ0v) is 12.0. The normalized spacial score (nSPS) is 22.1. The standard InChI is InChI=1S/C14H13F2NS2/c1-8-7-12(9-5-6-18-14(9)19-8)17-13-10(15)3-2-4-11(13)16/h2-6,8,12,17H,7H2,1H3/t8-,12?/m0/s1. The van der Waals surface area contributed by atoms with Crippen LogP contribution in [0, 0.1) is 11.6 Å². The van der Waals surface area contributed by atoms with Gasteiger partial charge in [-0.15, -0.1) is 23.1 Å². The summed E-state index contributed by atoms with van der Waals surface area (Å²) in [6.07, 6.45) is 0.863. The second-order valence-electron chi connectivity index (χ2n) is 4.62. The van der Waals surface area contributed by atoms with Crippen LogP contribution in [0.25, 0.3) is 0 Å². The molecular weight excluding hydrogens is 284 g/mol. The Morgan fingerprint density at radius 1 is 1.21 bits per heavy atom. The van der Waals surface area contributed by atoms with Gasteiger partial charge in [0.2, 0.25) is 0 Å². The SMILES string of the molecule is C[C@H]1CC(Nc2c(F)cccc2F)c2ccsc2S1. The number of thiophene rings is 1. The van der Waals surface area contributed by atoms with Crippen LogP contribution in [0.1, 0.15) is 24.9 Å². The molecular formula is C14H13F2NS2. The first-order chi connectivity index (χ1) is 9.15. The van der Waals surface area contributed by atoms with Gasteiger partial charge in [0.05, 0.1) is 10.3 Å². The first kappa shape index (κ1) is 12.9. The summed E-state index contributed by atoms with van der Waals surface area (Å²) >= 11 is 3.52. The summed E-state index contributed by atoms with van der Waals surface area (Å²) in [5, 5.41) is 5.51. The van der Waals surface area contributed by atoms with Crippen LogP contribution in [0.2, 0.25) is 0 Å². The Labute approximate surface area is 119 Å². The van der Waals surface area contributed by atoms with Crippen LogP contribution in [-0.4, -0.2) is 5.25 Å². The minimum absolute atomic E-state index is 0.0242. The van der Waals surface area contributed by atoms with Crippen molar-refractivity contribution in [2.24, 2.45) is 0 Å². The molecule has 1 aliphatic heterocycles. The van der Waals surface area contributed by atoms with Crippen molar-refractivity contribution in [1.82, 2.24) is 0 Å². The molecule has 19 heavy (non-hydrogen) atoms. The van der Waals surface area contributed by atoms with E-state index in [-0.39, 0.29) is 11.7 Å². The van der Waals surface area contributed by atoms with Gasteiger partial charge in [-0.25, -0.2) is 8.78 Å². The third-order valence-electron chi connectivity index (χ3n) is 3.19. The summed E-state index contributed by atoms with van der Waals surface area (Å²) in [4.78, 5) is 0. The van der Waals surface area contributed by atoms with Crippen LogP contribution in [0.5, 0.6) is 0 Å². The first-order valence-electron chi connectivity index (χ1n) is 6.09. The lowest BCUT2D eigenvalue weighted by Gasteiger charge is -2.28. The molecule has 0 bridgehead atoms. The van der Waals surface area contributed by atoms with Gasteiger partial charge in [0.15, 0.2) is 0 Å². The number of nitrogens with one attached hydrogen (secondary N) is 1. The first-order valence-corrected chi connectivity index (χ1v) is 7.85. The van der Waals surface area contributed by atoms with Gasteiger partial charge in [-0.3, -0.25) is 0 Å². The maximum absolute atomic E-state index is 13.7. The summed E-state index contributed by atoms with van der Waals surface area (Å²) in [6.45, 7) is 2.14. The molecule has 0 radical (unpaired) electrons. The van der Waals surface area contributed by atoms with E-state index < -0.39 is 11.6 Å². The summed E-state index contributed by atoms with van der Waals surface area (Å²) in [5.41, 5.74) is 1.12. The van der Waals surface area contributed by atoms with E-state index in [2.05, 4.69) is 12.2 Å². The van der Waals surface area contributed by atoms with Gasteiger partial charge < -0.3 is 5.32 Å². The van der Waals surface area contributed by atoms with E-state index in [1.807, 2.05) is 23.2 Å². The average Bonchev–Trinajstić information content (AvgIpc) is 2.81. The van der Waals surface area contributed by atoms with E-state index in [0.29, 0.717) is 5.25 Å². The molecule has 0 aliphatic carbocycles. The summed E-state index contributed by atoms with van der Waals surface area (Å²) in [6, 6.07) is 5.95. The molecule has 0 fully saturated rings. The van der Waals surface area contributed by atoms with E-state index in [0.717, 1.165) is 12.0 Å². The Morgan fingerprint density at radius 3 is 2.68 bits per heavy atom. The largest absolute Gasteiger partial charge is 0.373 e. The molecule has 1 unspecified atom stereocenters. The van der Waals surface area contributed by atoms with Crippen LogP contribution >= 0.6 is 23.1 Å². The molecule has 1 aromatic carbocycles. The van der Waals surface area contributed by atoms with Gasteiger partial charge in [0.25, 0.3) is 0 Å². The summed E-state index contributed by atoms with van der Waals surface area (Å²) in [5.74, 6) is -1.08. The van der Waals surface area contributed by atoms with Gasteiger partial charge >= 0.3 is 0 Å². The molecule has 1 aromatic heterocycles. The number of hydrogen-bond donors (Lipinski definition) is 1.